The monoisotopic (exact) mass is 388 g/mol. The van der Waals surface area contributed by atoms with Gasteiger partial charge in [0.15, 0.2) is 0 Å². The van der Waals surface area contributed by atoms with E-state index in [0.29, 0.717) is 29.9 Å². The summed E-state index contributed by atoms with van der Waals surface area (Å²) >= 11 is 0. The van der Waals surface area contributed by atoms with Crippen molar-refractivity contribution in [3.05, 3.63) is 53.6 Å². The van der Waals surface area contributed by atoms with Gasteiger partial charge in [0, 0.05) is 18.7 Å². The maximum atomic E-state index is 12.8. The van der Waals surface area contributed by atoms with E-state index in [1.54, 1.807) is 42.2 Å². The second kappa shape index (κ2) is 7.40. The summed E-state index contributed by atoms with van der Waals surface area (Å²) < 4.78 is 32.9. The smallest absolute Gasteiger partial charge is 0.337 e. The van der Waals surface area contributed by atoms with Crippen molar-refractivity contribution in [1.29, 1.82) is 0 Å². The van der Waals surface area contributed by atoms with Crippen LogP contribution in [-0.2, 0) is 19.6 Å². The molecule has 2 aromatic rings. The van der Waals surface area contributed by atoms with Crippen LogP contribution >= 0.6 is 0 Å². The fourth-order valence-electron chi connectivity index (χ4n) is 3.00. The van der Waals surface area contributed by atoms with E-state index in [4.69, 9.17) is 0 Å². The second-order valence-corrected chi connectivity index (χ2v) is 7.93. The number of aryl methyl sites for hydroxylation is 1. The number of nitrogens with zero attached hydrogens (tertiary/aromatic N) is 1. The highest BCUT2D eigenvalue weighted by Crippen LogP contribution is 2.26. The zero-order valence-electron chi connectivity index (χ0n) is 15.1. The minimum absolute atomic E-state index is 0.00643. The number of hydrogen-bond donors (Lipinski definition) is 1. The summed E-state index contributed by atoms with van der Waals surface area (Å²) in [7, 11) is -2.69. The number of amides is 1. The molecule has 0 unspecified atom stereocenters. The first-order valence-electron chi connectivity index (χ1n) is 8.44. The van der Waals surface area contributed by atoms with Crippen LogP contribution in [0.5, 0.6) is 0 Å². The molecule has 1 heterocycles. The molecule has 8 heteroatoms. The number of anilines is 2. The van der Waals surface area contributed by atoms with E-state index in [-0.39, 0.29) is 16.4 Å². The maximum absolute atomic E-state index is 12.8. The van der Waals surface area contributed by atoms with E-state index >= 15 is 0 Å². The molecule has 1 amide bonds. The zero-order chi connectivity index (χ0) is 19.6. The number of hydrogen-bond acceptors (Lipinski definition) is 5. The van der Waals surface area contributed by atoms with Gasteiger partial charge in [0.25, 0.3) is 10.0 Å². The number of methoxy groups -OCH3 is 1. The Kier molecular flexibility index (Phi) is 5.18. The van der Waals surface area contributed by atoms with E-state index in [1.807, 2.05) is 0 Å². The highest BCUT2D eigenvalue weighted by Gasteiger charge is 2.23. The molecule has 0 bridgehead atoms. The van der Waals surface area contributed by atoms with Crippen molar-refractivity contribution < 1.29 is 22.7 Å². The van der Waals surface area contributed by atoms with Crippen molar-refractivity contribution in [2.75, 3.05) is 23.3 Å². The fourth-order valence-corrected chi connectivity index (χ4v) is 4.32. The maximum Gasteiger partial charge on any atom is 0.337 e. The third-order valence-corrected chi connectivity index (χ3v) is 5.91. The normalized spacial score (nSPS) is 14.3. The molecule has 1 fully saturated rings. The summed E-state index contributed by atoms with van der Waals surface area (Å²) in [5, 5.41) is 0. The molecule has 0 atom stereocenters. The Morgan fingerprint density at radius 1 is 1.19 bits per heavy atom. The molecule has 0 spiro atoms. The lowest BCUT2D eigenvalue weighted by Crippen LogP contribution is -2.23. The summed E-state index contributed by atoms with van der Waals surface area (Å²) in [6.07, 6.45) is 1.28. The molecule has 27 heavy (non-hydrogen) atoms. The van der Waals surface area contributed by atoms with Crippen molar-refractivity contribution in [3.8, 4) is 0 Å². The Labute approximate surface area is 158 Å². The van der Waals surface area contributed by atoms with Crippen LogP contribution in [0.2, 0.25) is 0 Å². The van der Waals surface area contributed by atoms with Crippen molar-refractivity contribution in [2.24, 2.45) is 0 Å². The van der Waals surface area contributed by atoms with Crippen LogP contribution in [-0.4, -0.2) is 33.9 Å². The Morgan fingerprint density at radius 3 is 2.63 bits per heavy atom. The van der Waals surface area contributed by atoms with Crippen molar-refractivity contribution in [1.82, 2.24) is 0 Å². The summed E-state index contributed by atoms with van der Waals surface area (Å²) in [4.78, 5) is 25.3. The number of nitrogens with one attached hydrogen (secondary N) is 1. The molecule has 0 saturated carbocycles. The van der Waals surface area contributed by atoms with E-state index in [1.165, 1.54) is 19.2 Å². The van der Waals surface area contributed by atoms with Crippen LogP contribution in [0.1, 0.15) is 28.8 Å². The molecule has 7 nitrogen and oxygen atoms in total. The highest BCUT2D eigenvalue weighted by molar-refractivity contribution is 7.92. The number of ether oxygens (including phenoxy) is 1. The van der Waals surface area contributed by atoms with E-state index in [0.717, 1.165) is 6.42 Å². The standard InChI is InChI=1S/C19H20N2O5S/c1-13-8-9-14(19(23)26-2)11-17(13)27(24,25)20-15-5-3-6-16(12-15)21-10-4-7-18(21)22/h3,5-6,8-9,11-12,20H,4,7,10H2,1-2H3. The molecule has 1 saturated heterocycles. The first-order chi connectivity index (χ1) is 12.8. The Bertz CT molecular complexity index is 1000. The van der Waals surface area contributed by atoms with Crippen molar-refractivity contribution in [3.63, 3.8) is 0 Å². The molecule has 1 aliphatic rings. The van der Waals surface area contributed by atoms with E-state index < -0.39 is 16.0 Å². The van der Waals surface area contributed by atoms with Crippen LogP contribution in [0, 0.1) is 6.92 Å². The first kappa shape index (κ1) is 18.9. The summed E-state index contributed by atoms with van der Waals surface area (Å²) in [6, 6.07) is 11.1. The average molecular weight is 388 g/mol. The molecule has 142 valence electrons. The predicted molar refractivity (Wildman–Crippen MR) is 101 cm³/mol. The molecule has 0 aromatic heterocycles. The SMILES string of the molecule is COC(=O)c1ccc(C)c(S(=O)(=O)Nc2cccc(N3CCCC3=O)c2)c1. The minimum Gasteiger partial charge on any atom is -0.465 e. The highest BCUT2D eigenvalue weighted by atomic mass is 32.2. The Balaban J connectivity index is 1.91. The van der Waals surface area contributed by atoms with Crippen LogP contribution in [0.3, 0.4) is 0 Å². The Hall–Kier alpha value is -2.87. The Morgan fingerprint density at radius 2 is 1.96 bits per heavy atom. The molecule has 1 N–H and O–H groups in total. The lowest BCUT2D eigenvalue weighted by Gasteiger charge is -2.17. The number of rotatable bonds is 5. The van der Waals surface area contributed by atoms with E-state index in [2.05, 4.69) is 9.46 Å². The van der Waals surface area contributed by atoms with Gasteiger partial charge in [0.1, 0.15) is 0 Å². The predicted octanol–water partition coefficient (Wildman–Crippen LogP) is 2.71. The molecule has 0 radical (unpaired) electrons. The number of sulfonamides is 1. The number of carbonyl (C=O) groups excluding carboxylic acids is 2. The largest absolute Gasteiger partial charge is 0.465 e. The molecule has 0 aliphatic carbocycles. The third-order valence-electron chi connectivity index (χ3n) is 4.38. The van der Waals surface area contributed by atoms with Gasteiger partial charge in [-0.3, -0.25) is 9.52 Å². The van der Waals surface area contributed by atoms with Crippen molar-refractivity contribution >= 4 is 33.3 Å². The lowest BCUT2D eigenvalue weighted by atomic mass is 10.1. The van der Waals surface area contributed by atoms with Crippen LogP contribution in [0.4, 0.5) is 11.4 Å². The summed E-state index contributed by atoms with van der Waals surface area (Å²) in [6.45, 7) is 2.27. The average Bonchev–Trinajstić information content (AvgIpc) is 3.07. The van der Waals surface area contributed by atoms with Crippen molar-refractivity contribution in [2.45, 2.75) is 24.7 Å². The van der Waals surface area contributed by atoms with Gasteiger partial charge in [-0.25, -0.2) is 13.2 Å². The van der Waals surface area contributed by atoms with Crippen LogP contribution < -0.4 is 9.62 Å². The fraction of sp³-hybridized carbons (Fsp3) is 0.263. The van der Waals surface area contributed by atoms with Crippen LogP contribution in [0.15, 0.2) is 47.4 Å². The van der Waals surface area contributed by atoms with Gasteiger partial charge >= 0.3 is 5.97 Å². The van der Waals surface area contributed by atoms with Gasteiger partial charge in [-0.2, -0.15) is 0 Å². The van der Waals surface area contributed by atoms with Gasteiger partial charge in [0.2, 0.25) is 5.91 Å². The van der Waals surface area contributed by atoms with Gasteiger partial charge < -0.3 is 9.64 Å². The first-order valence-corrected chi connectivity index (χ1v) is 9.92. The van der Waals surface area contributed by atoms with E-state index in [9.17, 15) is 18.0 Å². The topological polar surface area (TPSA) is 92.8 Å². The second-order valence-electron chi connectivity index (χ2n) is 6.28. The van der Waals surface area contributed by atoms with Gasteiger partial charge in [-0.05, 0) is 49.2 Å². The number of benzene rings is 2. The number of esters is 1. The summed E-state index contributed by atoms with van der Waals surface area (Å²) in [5.41, 5.74) is 1.65. The molecular formula is C19H20N2O5S. The van der Waals surface area contributed by atoms with Gasteiger partial charge in [-0.1, -0.05) is 12.1 Å². The number of carbonyl (C=O) groups is 2. The minimum atomic E-state index is -3.92. The summed E-state index contributed by atoms with van der Waals surface area (Å²) in [5.74, 6) is -0.586. The van der Waals surface area contributed by atoms with Gasteiger partial charge in [0.05, 0.1) is 23.3 Å². The van der Waals surface area contributed by atoms with Gasteiger partial charge in [-0.15, -0.1) is 0 Å². The molecule has 2 aromatic carbocycles. The van der Waals surface area contributed by atoms with Crippen LogP contribution in [0.25, 0.3) is 0 Å². The zero-order valence-corrected chi connectivity index (χ0v) is 15.9. The lowest BCUT2D eigenvalue weighted by molar-refractivity contribution is -0.117. The molecular weight excluding hydrogens is 368 g/mol. The third kappa shape index (κ3) is 3.95. The molecule has 3 rings (SSSR count). The quantitative estimate of drug-likeness (QED) is 0.795. The molecule has 1 aliphatic heterocycles.